The molecule has 0 spiro atoms. The molecule has 6 rings (SSSR count). The molecule has 0 saturated carbocycles. The third-order valence-corrected chi connectivity index (χ3v) is 7.21. The minimum absolute atomic E-state index is 0.0615. The van der Waals surface area contributed by atoms with Gasteiger partial charge < -0.3 is 25.1 Å². The first-order valence-corrected chi connectivity index (χ1v) is 13.8. The largest absolute Gasteiger partial charge is 0.444 e. The van der Waals surface area contributed by atoms with E-state index in [2.05, 4.69) is 26.3 Å². The van der Waals surface area contributed by atoms with E-state index in [9.17, 15) is 4.79 Å². The van der Waals surface area contributed by atoms with Gasteiger partial charge in [-0.2, -0.15) is 10.1 Å². The SMILES string of the molecule is Cc1cc(C)c2oc(Nc3ccc(-c4nn(C5CCN(C(=O)OC(C)(C)C)CC5)c5ncnc(N)c45)cc3)nc2c1. The van der Waals surface area contributed by atoms with E-state index in [-0.39, 0.29) is 12.1 Å². The summed E-state index contributed by atoms with van der Waals surface area (Å²) in [5.74, 6) is 0.377. The van der Waals surface area contributed by atoms with Crippen molar-refractivity contribution in [2.24, 2.45) is 0 Å². The van der Waals surface area contributed by atoms with Crippen LogP contribution in [0.5, 0.6) is 0 Å². The summed E-state index contributed by atoms with van der Waals surface area (Å²) in [5.41, 5.74) is 12.7. The molecule has 4 heterocycles. The highest BCUT2D eigenvalue weighted by molar-refractivity contribution is 5.98. The first kappa shape index (κ1) is 26.5. The van der Waals surface area contributed by atoms with Gasteiger partial charge in [0.1, 0.15) is 29.0 Å². The number of nitrogens with one attached hydrogen (secondary N) is 1. The highest BCUT2D eigenvalue weighted by Crippen LogP contribution is 2.35. The van der Waals surface area contributed by atoms with E-state index in [0.29, 0.717) is 41.6 Å². The van der Waals surface area contributed by atoms with Crippen molar-refractivity contribution in [3.8, 4) is 11.3 Å². The first-order chi connectivity index (χ1) is 19.6. The molecule has 212 valence electrons. The molecule has 5 aromatic rings. The summed E-state index contributed by atoms with van der Waals surface area (Å²) in [6.07, 6.45) is 2.63. The van der Waals surface area contributed by atoms with Gasteiger partial charge in [-0.1, -0.05) is 18.2 Å². The van der Waals surface area contributed by atoms with Gasteiger partial charge >= 0.3 is 6.09 Å². The lowest BCUT2D eigenvalue weighted by molar-refractivity contribution is 0.0186. The molecule has 0 bridgehead atoms. The Kier molecular flexibility index (Phi) is 6.51. The summed E-state index contributed by atoms with van der Waals surface area (Å²) in [5, 5.41) is 8.95. The predicted octanol–water partition coefficient (Wildman–Crippen LogP) is 6.15. The number of piperidine rings is 1. The van der Waals surface area contributed by atoms with Crippen LogP contribution in [0.25, 0.3) is 33.4 Å². The van der Waals surface area contributed by atoms with Crippen LogP contribution in [0.15, 0.2) is 47.1 Å². The number of hydrogen-bond donors (Lipinski definition) is 2. The van der Waals surface area contributed by atoms with E-state index in [1.54, 1.807) is 4.90 Å². The second-order valence-electron chi connectivity index (χ2n) is 11.6. The van der Waals surface area contributed by atoms with Gasteiger partial charge in [-0.15, -0.1) is 0 Å². The number of likely N-dealkylation sites (tertiary alicyclic amines) is 1. The van der Waals surface area contributed by atoms with Crippen molar-refractivity contribution in [3.05, 3.63) is 53.9 Å². The van der Waals surface area contributed by atoms with Crippen molar-refractivity contribution in [1.82, 2.24) is 29.6 Å². The lowest BCUT2D eigenvalue weighted by Crippen LogP contribution is -2.42. The van der Waals surface area contributed by atoms with Gasteiger partial charge in [-0.3, -0.25) is 0 Å². The molecule has 1 aliphatic heterocycles. The number of aryl methyl sites for hydroxylation is 2. The fourth-order valence-electron chi connectivity index (χ4n) is 5.34. The molecule has 11 heteroatoms. The van der Waals surface area contributed by atoms with Crippen molar-refractivity contribution in [2.75, 3.05) is 24.1 Å². The zero-order valence-electron chi connectivity index (χ0n) is 23.9. The van der Waals surface area contributed by atoms with E-state index < -0.39 is 5.60 Å². The normalized spacial score (nSPS) is 14.6. The molecule has 1 fully saturated rings. The molecule has 0 aliphatic carbocycles. The number of fused-ring (bicyclic) bond motifs is 2. The number of nitrogen functional groups attached to an aromatic ring is 1. The lowest BCUT2D eigenvalue weighted by Gasteiger charge is -2.33. The summed E-state index contributed by atoms with van der Waals surface area (Å²) in [7, 11) is 0. The highest BCUT2D eigenvalue weighted by atomic mass is 16.6. The Morgan fingerprint density at radius 3 is 2.54 bits per heavy atom. The van der Waals surface area contributed by atoms with Gasteiger partial charge in [-0.05, 0) is 76.8 Å². The molecule has 3 N–H and O–H groups in total. The van der Waals surface area contributed by atoms with Crippen LogP contribution in [-0.2, 0) is 4.74 Å². The molecule has 0 radical (unpaired) electrons. The quantitative estimate of drug-likeness (QED) is 0.268. The average Bonchev–Trinajstić information content (AvgIpc) is 3.51. The van der Waals surface area contributed by atoms with E-state index in [4.69, 9.17) is 20.0 Å². The van der Waals surface area contributed by atoms with E-state index >= 15 is 0 Å². The Morgan fingerprint density at radius 1 is 1.10 bits per heavy atom. The molecule has 11 nitrogen and oxygen atoms in total. The van der Waals surface area contributed by atoms with Gasteiger partial charge in [0, 0.05) is 24.3 Å². The third-order valence-electron chi connectivity index (χ3n) is 7.21. The van der Waals surface area contributed by atoms with Crippen molar-refractivity contribution in [2.45, 2.75) is 59.1 Å². The number of anilines is 3. The summed E-state index contributed by atoms with van der Waals surface area (Å²) in [6.45, 7) is 10.8. The predicted molar refractivity (Wildman–Crippen MR) is 158 cm³/mol. The van der Waals surface area contributed by atoms with Crippen LogP contribution in [0.3, 0.4) is 0 Å². The second-order valence-corrected chi connectivity index (χ2v) is 11.6. The second kappa shape index (κ2) is 10.1. The molecular weight excluding hydrogens is 520 g/mol. The number of carbonyl (C=O) groups is 1. The number of benzene rings is 2. The number of rotatable bonds is 4. The van der Waals surface area contributed by atoms with Crippen molar-refractivity contribution in [3.63, 3.8) is 0 Å². The molecular formula is C30H34N8O3. The highest BCUT2D eigenvalue weighted by Gasteiger charge is 2.30. The Morgan fingerprint density at radius 2 is 1.83 bits per heavy atom. The number of nitrogens with two attached hydrogens (primary N) is 1. The number of hydrogen-bond acceptors (Lipinski definition) is 9. The summed E-state index contributed by atoms with van der Waals surface area (Å²) < 4.78 is 13.4. The van der Waals surface area contributed by atoms with Crippen molar-refractivity contribution in [1.29, 1.82) is 0 Å². The van der Waals surface area contributed by atoms with Crippen molar-refractivity contribution >= 4 is 45.7 Å². The van der Waals surface area contributed by atoms with E-state index in [0.717, 1.165) is 46.3 Å². The van der Waals surface area contributed by atoms with Crippen LogP contribution >= 0.6 is 0 Å². The Hall–Kier alpha value is -4.67. The van der Waals surface area contributed by atoms with Gasteiger partial charge in [0.25, 0.3) is 6.01 Å². The maximum Gasteiger partial charge on any atom is 0.410 e. The Labute approximate surface area is 237 Å². The number of oxazole rings is 1. The number of carbonyl (C=O) groups excluding carboxylic acids is 1. The van der Waals surface area contributed by atoms with Gasteiger partial charge in [0.15, 0.2) is 11.2 Å². The number of aromatic nitrogens is 5. The first-order valence-electron chi connectivity index (χ1n) is 13.8. The van der Waals surface area contributed by atoms with Crippen LogP contribution in [-0.4, -0.2) is 54.4 Å². The minimum atomic E-state index is -0.527. The molecule has 2 aromatic carbocycles. The molecule has 1 saturated heterocycles. The summed E-state index contributed by atoms with van der Waals surface area (Å²) in [6, 6.07) is 12.4. The fraction of sp³-hybridized carbons (Fsp3) is 0.367. The maximum atomic E-state index is 12.5. The van der Waals surface area contributed by atoms with Gasteiger partial charge in [-0.25, -0.2) is 19.4 Å². The molecule has 1 aliphatic rings. The molecule has 3 aromatic heterocycles. The zero-order chi connectivity index (χ0) is 28.9. The van der Waals surface area contributed by atoms with Crippen LogP contribution in [0.1, 0.15) is 50.8 Å². The topological polar surface area (TPSA) is 137 Å². The zero-order valence-corrected chi connectivity index (χ0v) is 23.9. The van der Waals surface area contributed by atoms with E-state index in [1.807, 2.05) is 69.6 Å². The van der Waals surface area contributed by atoms with Crippen molar-refractivity contribution < 1.29 is 13.9 Å². The molecule has 0 unspecified atom stereocenters. The smallest absolute Gasteiger partial charge is 0.410 e. The van der Waals surface area contributed by atoms with E-state index in [1.165, 1.54) is 6.33 Å². The number of nitrogens with zero attached hydrogens (tertiary/aromatic N) is 6. The van der Waals surface area contributed by atoms with Gasteiger partial charge in [0.05, 0.1) is 11.4 Å². The average molecular weight is 555 g/mol. The fourth-order valence-corrected chi connectivity index (χ4v) is 5.34. The lowest BCUT2D eigenvalue weighted by atomic mass is 10.1. The van der Waals surface area contributed by atoms with Crippen LogP contribution < -0.4 is 11.1 Å². The van der Waals surface area contributed by atoms with Crippen LogP contribution in [0.2, 0.25) is 0 Å². The number of amides is 1. The monoisotopic (exact) mass is 554 g/mol. The maximum absolute atomic E-state index is 12.5. The minimum Gasteiger partial charge on any atom is -0.444 e. The summed E-state index contributed by atoms with van der Waals surface area (Å²) >= 11 is 0. The standard InChI is InChI=1S/C30H34N8O3/c1-17-14-18(2)25-22(15-17)35-28(40-25)34-20-8-6-19(7-9-20)24-23-26(31)32-16-33-27(23)38(36-24)21-10-12-37(13-11-21)29(39)41-30(3,4)5/h6-9,14-16,21H,10-13H2,1-5H3,(H,34,35)(H2,31,32,33). The Balaban J connectivity index is 1.24. The van der Waals surface area contributed by atoms with Gasteiger partial charge in [0.2, 0.25) is 0 Å². The Bertz CT molecular complexity index is 1740. The molecule has 0 atom stereocenters. The number of ether oxygens (including phenoxy) is 1. The molecule has 1 amide bonds. The third kappa shape index (κ3) is 5.27. The molecule has 41 heavy (non-hydrogen) atoms. The van der Waals surface area contributed by atoms with Crippen LogP contribution in [0, 0.1) is 13.8 Å². The van der Waals surface area contributed by atoms with Crippen LogP contribution in [0.4, 0.5) is 22.3 Å². The summed E-state index contributed by atoms with van der Waals surface area (Å²) in [4.78, 5) is 27.7.